The van der Waals surface area contributed by atoms with Gasteiger partial charge in [0.05, 0.1) is 41.4 Å². The second-order valence-electron chi connectivity index (χ2n) is 7.56. The van der Waals surface area contributed by atoms with Crippen molar-refractivity contribution in [2.24, 2.45) is 0 Å². The van der Waals surface area contributed by atoms with Crippen molar-refractivity contribution in [2.75, 3.05) is 26.6 Å². The van der Waals surface area contributed by atoms with Crippen LogP contribution >= 0.6 is 27.5 Å². The zero-order valence-corrected chi connectivity index (χ0v) is 22.8. The summed E-state index contributed by atoms with van der Waals surface area (Å²) in [5, 5.41) is 23.6. The molecule has 38 heavy (non-hydrogen) atoms. The molecule has 0 aromatic heterocycles. The molecule has 3 rings (SSSR count). The normalized spacial score (nSPS) is 10.8. The van der Waals surface area contributed by atoms with E-state index in [0.717, 1.165) is 0 Å². The Hall–Kier alpha value is -4.27. The molecule has 10 nitrogen and oxygen atoms in total. The smallest absolute Gasteiger partial charge is 0.269 e. The van der Waals surface area contributed by atoms with E-state index in [0.29, 0.717) is 37.9 Å². The Labute approximate surface area is 231 Å². The minimum absolute atomic E-state index is 0.0457. The van der Waals surface area contributed by atoms with Crippen LogP contribution in [0.15, 0.2) is 58.6 Å². The lowest BCUT2D eigenvalue weighted by molar-refractivity contribution is -0.384. The number of nitro benzene ring substituents is 1. The predicted molar refractivity (Wildman–Crippen MR) is 145 cm³/mol. The van der Waals surface area contributed by atoms with Gasteiger partial charge in [-0.2, -0.15) is 5.26 Å². The minimum Gasteiger partial charge on any atom is -0.495 e. The van der Waals surface area contributed by atoms with Crippen LogP contribution in [0, 0.1) is 21.4 Å². The highest BCUT2D eigenvalue weighted by molar-refractivity contribution is 9.10. The van der Waals surface area contributed by atoms with Crippen LogP contribution in [0.25, 0.3) is 6.08 Å². The number of ether oxygens (including phenoxy) is 4. The number of anilines is 1. The molecule has 0 bridgehead atoms. The first-order valence-corrected chi connectivity index (χ1v) is 12.0. The Morgan fingerprint density at radius 1 is 1.11 bits per heavy atom. The number of halogens is 2. The first kappa shape index (κ1) is 28.3. The van der Waals surface area contributed by atoms with Gasteiger partial charge in [-0.3, -0.25) is 14.9 Å². The number of amides is 1. The maximum atomic E-state index is 12.9. The van der Waals surface area contributed by atoms with E-state index in [-0.39, 0.29) is 29.3 Å². The van der Waals surface area contributed by atoms with Crippen molar-refractivity contribution in [3.05, 3.63) is 84.8 Å². The van der Waals surface area contributed by atoms with Crippen molar-refractivity contribution >= 4 is 50.9 Å². The highest BCUT2D eigenvalue weighted by Gasteiger charge is 2.17. The molecule has 0 atom stereocenters. The topological polar surface area (TPSA) is 133 Å². The van der Waals surface area contributed by atoms with E-state index >= 15 is 0 Å². The summed E-state index contributed by atoms with van der Waals surface area (Å²) in [6, 6.07) is 14.2. The molecule has 0 fully saturated rings. The summed E-state index contributed by atoms with van der Waals surface area (Å²) in [5.41, 5.74) is 1.09. The number of hydrogen-bond acceptors (Lipinski definition) is 8. The maximum Gasteiger partial charge on any atom is 0.269 e. The standard InChI is InChI=1S/C26H21BrClN3O7/c1-35-22-12-21(23(36-2)11-20(22)28)30-26(32)17(13-29)7-16-9-19(27)25(24(10-16)37-3)38-14-15-5-4-6-18(8-15)31(33)34/h4-12H,14H2,1-3H3,(H,30,32)/b17-7+. The average molecular weight is 603 g/mol. The van der Waals surface area contributed by atoms with Crippen LogP contribution < -0.4 is 24.3 Å². The van der Waals surface area contributed by atoms with Crippen LogP contribution in [0.1, 0.15) is 11.1 Å². The second-order valence-corrected chi connectivity index (χ2v) is 8.82. The Morgan fingerprint density at radius 3 is 2.45 bits per heavy atom. The molecule has 0 radical (unpaired) electrons. The summed E-state index contributed by atoms with van der Waals surface area (Å²) in [6.07, 6.45) is 1.38. The van der Waals surface area contributed by atoms with Crippen LogP contribution in [-0.4, -0.2) is 32.2 Å². The first-order chi connectivity index (χ1) is 18.2. The number of nitro groups is 1. The van der Waals surface area contributed by atoms with E-state index in [2.05, 4.69) is 21.2 Å². The van der Waals surface area contributed by atoms with Crippen LogP contribution in [0.4, 0.5) is 11.4 Å². The number of nitrogens with one attached hydrogen (secondary N) is 1. The molecular formula is C26H21BrClN3O7. The summed E-state index contributed by atoms with van der Waals surface area (Å²) in [5.74, 6) is 0.585. The van der Waals surface area contributed by atoms with Crippen LogP contribution in [-0.2, 0) is 11.4 Å². The lowest BCUT2D eigenvalue weighted by Gasteiger charge is -2.14. The molecule has 1 N–H and O–H groups in total. The molecule has 196 valence electrons. The van der Waals surface area contributed by atoms with Crippen molar-refractivity contribution < 1.29 is 28.7 Å². The third kappa shape index (κ3) is 6.73. The van der Waals surface area contributed by atoms with Gasteiger partial charge in [-0.05, 0) is 45.3 Å². The van der Waals surface area contributed by atoms with Crippen molar-refractivity contribution in [1.82, 2.24) is 0 Å². The number of carbonyl (C=O) groups excluding carboxylic acids is 1. The Balaban J connectivity index is 1.85. The zero-order valence-electron chi connectivity index (χ0n) is 20.4. The zero-order chi connectivity index (χ0) is 27.8. The number of benzene rings is 3. The number of nitrogens with zero attached hydrogens (tertiary/aromatic N) is 2. The number of hydrogen-bond donors (Lipinski definition) is 1. The van der Waals surface area contributed by atoms with E-state index in [4.69, 9.17) is 30.5 Å². The van der Waals surface area contributed by atoms with Crippen LogP contribution in [0.5, 0.6) is 23.0 Å². The molecule has 0 spiro atoms. The number of non-ortho nitro benzene ring substituents is 1. The predicted octanol–water partition coefficient (Wildman–Crippen LogP) is 6.16. The molecule has 0 aliphatic carbocycles. The minimum atomic E-state index is -0.684. The maximum absolute atomic E-state index is 12.9. The van der Waals surface area contributed by atoms with Crippen LogP contribution in [0.3, 0.4) is 0 Å². The highest BCUT2D eigenvalue weighted by Crippen LogP contribution is 2.38. The van der Waals surface area contributed by atoms with Gasteiger partial charge in [0, 0.05) is 24.3 Å². The Kier molecular flexibility index (Phi) is 9.54. The van der Waals surface area contributed by atoms with Crippen molar-refractivity contribution in [2.45, 2.75) is 6.61 Å². The summed E-state index contributed by atoms with van der Waals surface area (Å²) in [4.78, 5) is 23.4. The van der Waals surface area contributed by atoms with Crippen LogP contribution in [0.2, 0.25) is 5.02 Å². The number of rotatable bonds is 10. The second kappa shape index (κ2) is 12.8. The van der Waals surface area contributed by atoms with Gasteiger partial charge in [-0.15, -0.1) is 0 Å². The van der Waals surface area contributed by atoms with E-state index in [1.54, 1.807) is 24.3 Å². The molecule has 0 aliphatic rings. The quantitative estimate of drug-likeness (QED) is 0.126. The largest absolute Gasteiger partial charge is 0.495 e. The number of nitriles is 1. The van der Waals surface area contributed by atoms with Gasteiger partial charge in [0.2, 0.25) is 0 Å². The molecule has 0 saturated carbocycles. The third-order valence-electron chi connectivity index (χ3n) is 5.15. The summed E-state index contributed by atoms with van der Waals surface area (Å²) < 4.78 is 22.2. The van der Waals surface area contributed by atoms with Gasteiger partial charge < -0.3 is 24.3 Å². The van der Waals surface area contributed by atoms with E-state index < -0.39 is 10.8 Å². The fourth-order valence-electron chi connectivity index (χ4n) is 3.34. The molecule has 0 saturated heterocycles. The van der Waals surface area contributed by atoms with Gasteiger partial charge in [0.25, 0.3) is 11.6 Å². The monoisotopic (exact) mass is 601 g/mol. The van der Waals surface area contributed by atoms with Crippen molar-refractivity contribution in [3.63, 3.8) is 0 Å². The van der Waals surface area contributed by atoms with Gasteiger partial charge in [0.1, 0.15) is 29.7 Å². The average Bonchev–Trinajstić information content (AvgIpc) is 2.91. The number of methoxy groups -OCH3 is 3. The molecule has 3 aromatic rings. The summed E-state index contributed by atoms with van der Waals surface area (Å²) in [6.45, 7) is 0.0457. The lowest BCUT2D eigenvalue weighted by Crippen LogP contribution is -2.14. The summed E-state index contributed by atoms with van der Waals surface area (Å²) in [7, 11) is 4.29. The lowest BCUT2D eigenvalue weighted by atomic mass is 10.1. The molecule has 0 unspecified atom stereocenters. The molecule has 1 amide bonds. The number of carbonyl (C=O) groups is 1. The van der Waals surface area contributed by atoms with E-state index in [1.165, 1.54) is 51.7 Å². The Morgan fingerprint density at radius 2 is 1.82 bits per heavy atom. The van der Waals surface area contributed by atoms with Gasteiger partial charge in [-0.25, -0.2) is 0 Å². The SMILES string of the molecule is COc1cc(NC(=O)/C(C#N)=C/c2cc(Br)c(OCc3cccc([N+](=O)[O-])c3)c(OC)c2)c(OC)cc1Cl. The molecular weight excluding hydrogens is 582 g/mol. The van der Waals surface area contributed by atoms with Gasteiger partial charge in [0.15, 0.2) is 11.5 Å². The van der Waals surface area contributed by atoms with E-state index in [9.17, 15) is 20.2 Å². The fraction of sp³-hybridized carbons (Fsp3) is 0.154. The highest BCUT2D eigenvalue weighted by atomic mass is 79.9. The molecule has 0 heterocycles. The summed E-state index contributed by atoms with van der Waals surface area (Å²) >= 11 is 9.54. The van der Waals surface area contributed by atoms with Gasteiger partial charge in [-0.1, -0.05) is 23.7 Å². The van der Waals surface area contributed by atoms with Gasteiger partial charge >= 0.3 is 0 Å². The van der Waals surface area contributed by atoms with E-state index in [1.807, 2.05) is 6.07 Å². The molecule has 12 heteroatoms. The first-order valence-electron chi connectivity index (χ1n) is 10.8. The van der Waals surface area contributed by atoms with Crippen molar-refractivity contribution in [3.8, 4) is 29.1 Å². The third-order valence-corrected chi connectivity index (χ3v) is 6.04. The van der Waals surface area contributed by atoms with Crippen molar-refractivity contribution in [1.29, 1.82) is 5.26 Å². The molecule has 0 aliphatic heterocycles. The fourth-order valence-corrected chi connectivity index (χ4v) is 4.15. The Bertz CT molecular complexity index is 1450. The molecule has 3 aromatic carbocycles.